The molecule has 1 atom stereocenters. The van der Waals surface area contributed by atoms with Crippen molar-refractivity contribution in [3.63, 3.8) is 0 Å². The third kappa shape index (κ3) is 2.06. The predicted molar refractivity (Wildman–Crippen MR) is 52.6 cm³/mol. The molecule has 6 nitrogen and oxygen atoms in total. The summed E-state index contributed by atoms with van der Waals surface area (Å²) in [5.41, 5.74) is 0. The van der Waals surface area contributed by atoms with Crippen LogP contribution in [0.15, 0.2) is 0 Å². The molecule has 1 saturated heterocycles. The first-order chi connectivity index (χ1) is 6.90. The van der Waals surface area contributed by atoms with E-state index in [0.29, 0.717) is 18.2 Å². The van der Waals surface area contributed by atoms with Gasteiger partial charge < -0.3 is 10.2 Å². The summed E-state index contributed by atoms with van der Waals surface area (Å²) in [6, 6.07) is 0. The minimum Gasteiger partial charge on any atom is -0.479 e. The quantitative estimate of drug-likeness (QED) is 0.733. The highest BCUT2D eigenvalue weighted by Crippen LogP contribution is 2.40. The second-order valence-electron chi connectivity index (χ2n) is 3.22. The van der Waals surface area contributed by atoms with Gasteiger partial charge >= 0.3 is 12.1 Å². The number of rotatable bonds is 2. The average Bonchev–Trinajstić information content (AvgIpc) is 2.47. The van der Waals surface area contributed by atoms with Crippen LogP contribution in [0, 0.1) is 0 Å². The molecule has 2 N–H and O–H groups in total. The highest BCUT2D eigenvalue weighted by Gasteiger charge is 2.52. The molecule has 7 heteroatoms. The SMILES string of the molecule is CC(=O)SC1(C(=O)O)CCCN1C(=O)O. The summed E-state index contributed by atoms with van der Waals surface area (Å²) in [4.78, 5) is 32.1. The lowest BCUT2D eigenvalue weighted by molar-refractivity contribution is -0.143. The third-order valence-corrected chi connectivity index (χ3v) is 3.44. The maximum absolute atomic E-state index is 11.1. The van der Waals surface area contributed by atoms with Gasteiger partial charge in [-0.3, -0.25) is 9.69 Å². The Balaban J connectivity index is 3.03. The van der Waals surface area contributed by atoms with Crippen LogP contribution in [-0.2, 0) is 9.59 Å². The lowest BCUT2D eigenvalue weighted by atomic mass is 10.2. The lowest BCUT2D eigenvalue weighted by Gasteiger charge is -2.30. The minimum absolute atomic E-state index is 0.155. The first-order valence-electron chi connectivity index (χ1n) is 4.33. The summed E-state index contributed by atoms with van der Waals surface area (Å²) in [5.74, 6) is -1.28. The molecule has 15 heavy (non-hydrogen) atoms. The van der Waals surface area contributed by atoms with Crippen LogP contribution in [0.2, 0.25) is 0 Å². The Morgan fingerprint density at radius 3 is 2.33 bits per heavy atom. The molecule has 1 fully saturated rings. The van der Waals surface area contributed by atoms with E-state index in [2.05, 4.69) is 0 Å². The van der Waals surface area contributed by atoms with E-state index < -0.39 is 22.0 Å². The summed E-state index contributed by atoms with van der Waals surface area (Å²) in [5, 5.41) is 17.5. The van der Waals surface area contributed by atoms with Crippen molar-refractivity contribution >= 4 is 28.9 Å². The van der Waals surface area contributed by atoms with Gasteiger partial charge in [-0.2, -0.15) is 0 Å². The van der Waals surface area contributed by atoms with E-state index in [4.69, 9.17) is 10.2 Å². The van der Waals surface area contributed by atoms with E-state index in [0.717, 1.165) is 4.90 Å². The second kappa shape index (κ2) is 4.09. The van der Waals surface area contributed by atoms with Crippen molar-refractivity contribution in [3.8, 4) is 0 Å². The molecule has 0 aliphatic carbocycles. The molecule has 84 valence electrons. The predicted octanol–water partition coefficient (Wildman–Crippen LogP) is 0.821. The molecular formula is C8H11NO5S. The number of likely N-dealkylation sites (tertiary alicyclic amines) is 1. The van der Waals surface area contributed by atoms with Crippen LogP contribution < -0.4 is 0 Å². The second-order valence-corrected chi connectivity index (χ2v) is 4.68. The number of carboxylic acids is 1. The zero-order valence-corrected chi connectivity index (χ0v) is 8.91. The molecule has 0 radical (unpaired) electrons. The Hall–Kier alpha value is -1.24. The number of aliphatic carboxylic acids is 1. The smallest absolute Gasteiger partial charge is 0.408 e. The highest BCUT2D eigenvalue weighted by molar-refractivity contribution is 8.15. The topological polar surface area (TPSA) is 94.9 Å². The van der Waals surface area contributed by atoms with E-state index in [1.165, 1.54) is 6.92 Å². The van der Waals surface area contributed by atoms with Gasteiger partial charge in [-0.1, -0.05) is 0 Å². The molecule has 0 spiro atoms. The number of hydrogen-bond donors (Lipinski definition) is 2. The number of thioether (sulfide) groups is 1. The Morgan fingerprint density at radius 1 is 1.33 bits per heavy atom. The lowest BCUT2D eigenvalue weighted by Crippen LogP contribution is -2.50. The van der Waals surface area contributed by atoms with E-state index >= 15 is 0 Å². The van der Waals surface area contributed by atoms with E-state index in [9.17, 15) is 14.4 Å². The van der Waals surface area contributed by atoms with Crippen LogP contribution in [0.1, 0.15) is 19.8 Å². The minimum atomic E-state index is -1.63. The fourth-order valence-electron chi connectivity index (χ4n) is 1.65. The highest BCUT2D eigenvalue weighted by atomic mass is 32.2. The molecule has 0 aromatic heterocycles. The Morgan fingerprint density at radius 2 is 1.93 bits per heavy atom. The summed E-state index contributed by atoms with van der Waals surface area (Å²) >= 11 is 0.561. The van der Waals surface area contributed by atoms with E-state index in [1.807, 2.05) is 0 Å². The molecule has 1 unspecified atom stereocenters. The van der Waals surface area contributed by atoms with Crippen LogP contribution in [-0.4, -0.2) is 43.7 Å². The standard InChI is InChI=1S/C8H11NO5S/c1-5(10)15-8(6(11)12)3-2-4-9(8)7(13)14/h2-4H2,1H3,(H,11,12)(H,13,14). The van der Waals surface area contributed by atoms with Crippen molar-refractivity contribution in [1.29, 1.82) is 0 Å². The first kappa shape index (κ1) is 11.8. The summed E-state index contributed by atoms with van der Waals surface area (Å²) < 4.78 is 0. The Kier molecular flexibility index (Phi) is 3.23. The summed E-state index contributed by atoms with van der Waals surface area (Å²) in [7, 11) is 0. The zero-order valence-electron chi connectivity index (χ0n) is 8.10. The normalized spacial score (nSPS) is 25.3. The number of carboxylic acid groups (broad SMARTS) is 2. The Labute approximate surface area is 90.2 Å². The van der Waals surface area contributed by atoms with Crippen LogP contribution in [0.5, 0.6) is 0 Å². The molecule has 1 aliphatic heterocycles. The van der Waals surface area contributed by atoms with Crippen LogP contribution in [0.4, 0.5) is 4.79 Å². The number of hydrogen-bond acceptors (Lipinski definition) is 4. The van der Waals surface area contributed by atoms with Gasteiger partial charge in [0.15, 0.2) is 9.99 Å². The molecule has 1 amide bonds. The monoisotopic (exact) mass is 233 g/mol. The van der Waals surface area contributed by atoms with Crippen molar-refractivity contribution in [3.05, 3.63) is 0 Å². The zero-order chi connectivity index (χ0) is 11.6. The molecule has 0 bridgehead atoms. The maximum Gasteiger partial charge on any atom is 0.408 e. The van der Waals surface area contributed by atoms with Gasteiger partial charge in [0.1, 0.15) is 0 Å². The van der Waals surface area contributed by atoms with Gasteiger partial charge in [-0.15, -0.1) is 0 Å². The number of amides is 1. The van der Waals surface area contributed by atoms with Crippen LogP contribution in [0.25, 0.3) is 0 Å². The van der Waals surface area contributed by atoms with Crippen molar-refractivity contribution < 1.29 is 24.6 Å². The molecule has 0 aromatic rings. The van der Waals surface area contributed by atoms with E-state index in [-0.39, 0.29) is 13.0 Å². The van der Waals surface area contributed by atoms with Crippen LogP contribution >= 0.6 is 11.8 Å². The van der Waals surface area contributed by atoms with E-state index in [1.54, 1.807) is 0 Å². The first-order valence-corrected chi connectivity index (χ1v) is 5.15. The number of carbonyl (C=O) groups excluding carboxylic acids is 1. The van der Waals surface area contributed by atoms with Gasteiger partial charge in [0.25, 0.3) is 0 Å². The van der Waals surface area contributed by atoms with Crippen LogP contribution in [0.3, 0.4) is 0 Å². The summed E-state index contributed by atoms with van der Waals surface area (Å²) in [6.45, 7) is 1.38. The van der Waals surface area contributed by atoms with Gasteiger partial charge in [-0.05, 0) is 24.6 Å². The van der Waals surface area contributed by atoms with Crippen molar-refractivity contribution in [1.82, 2.24) is 4.90 Å². The Bertz CT molecular complexity index is 318. The van der Waals surface area contributed by atoms with Crippen molar-refractivity contribution in [2.75, 3.05) is 6.54 Å². The van der Waals surface area contributed by atoms with Crippen molar-refractivity contribution in [2.45, 2.75) is 24.6 Å². The van der Waals surface area contributed by atoms with Gasteiger partial charge in [0.05, 0.1) is 0 Å². The average molecular weight is 233 g/mol. The number of carbonyl (C=O) groups is 3. The van der Waals surface area contributed by atoms with Crippen molar-refractivity contribution in [2.24, 2.45) is 0 Å². The molecule has 1 heterocycles. The third-order valence-electron chi connectivity index (χ3n) is 2.21. The molecule has 0 saturated carbocycles. The fraction of sp³-hybridized carbons (Fsp3) is 0.625. The molecule has 1 rings (SSSR count). The molecule has 0 aromatic carbocycles. The molecular weight excluding hydrogens is 222 g/mol. The van der Waals surface area contributed by atoms with Gasteiger partial charge in [-0.25, -0.2) is 9.59 Å². The maximum atomic E-state index is 11.1. The largest absolute Gasteiger partial charge is 0.479 e. The summed E-state index contributed by atoms with van der Waals surface area (Å²) in [6.07, 6.45) is -0.679. The molecule has 1 aliphatic rings. The van der Waals surface area contributed by atoms with Gasteiger partial charge in [0, 0.05) is 13.5 Å². The van der Waals surface area contributed by atoms with Gasteiger partial charge in [0.2, 0.25) is 0 Å². The number of nitrogens with zero attached hydrogens (tertiary/aromatic N) is 1. The fourth-order valence-corrected chi connectivity index (χ4v) is 2.74.